The van der Waals surface area contributed by atoms with E-state index in [2.05, 4.69) is 10.3 Å². The van der Waals surface area contributed by atoms with Gasteiger partial charge in [0.1, 0.15) is 18.4 Å². The largest absolute Gasteiger partial charge is 0.394 e. The molecule has 2 heterocycles. The molecule has 8 heteroatoms. The molecule has 24 heavy (non-hydrogen) atoms. The molecule has 0 spiro atoms. The van der Waals surface area contributed by atoms with Crippen molar-refractivity contribution in [2.24, 2.45) is 0 Å². The third-order valence-corrected chi connectivity index (χ3v) is 4.73. The van der Waals surface area contributed by atoms with E-state index in [4.69, 9.17) is 4.74 Å². The molecule has 0 radical (unpaired) electrons. The van der Waals surface area contributed by atoms with Crippen LogP contribution in [-0.4, -0.2) is 57.2 Å². The van der Waals surface area contributed by atoms with Crippen molar-refractivity contribution < 1.29 is 24.9 Å². The number of carbonyl (C=O) groups is 1. The van der Waals surface area contributed by atoms with Crippen molar-refractivity contribution in [2.45, 2.75) is 31.0 Å². The number of ketones is 1. The van der Waals surface area contributed by atoms with E-state index in [1.165, 1.54) is 17.5 Å². The number of hydrogen-bond acceptors (Lipinski definition) is 8. The van der Waals surface area contributed by atoms with Gasteiger partial charge in [0.2, 0.25) is 5.78 Å². The van der Waals surface area contributed by atoms with Crippen LogP contribution < -0.4 is 5.32 Å². The Morgan fingerprint density at radius 1 is 1.33 bits per heavy atom. The maximum absolute atomic E-state index is 12.4. The highest BCUT2D eigenvalue weighted by Crippen LogP contribution is 2.26. The van der Waals surface area contributed by atoms with E-state index in [0.29, 0.717) is 15.6 Å². The zero-order chi connectivity index (χ0) is 17.1. The first-order chi connectivity index (χ1) is 11.6. The summed E-state index contributed by atoms with van der Waals surface area (Å²) >= 11 is 1.18. The van der Waals surface area contributed by atoms with Gasteiger partial charge in [-0.2, -0.15) is 0 Å². The summed E-state index contributed by atoms with van der Waals surface area (Å²) in [4.78, 5) is 17.0. The zero-order valence-electron chi connectivity index (χ0n) is 12.7. The molecule has 0 bridgehead atoms. The van der Waals surface area contributed by atoms with Gasteiger partial charge in [-0.05, 0) is 0 Å². The fourth-order valence-corrected chi connectivity index (χ4v) is 3.33. The van der Waals surface area contributed by atoms with Crippen LogP contribution >= 0.6 is 11.3 Å². The second-order valence-electron chi connectivity index (χ2n) is 5.51. The number of nitrogens with one attached hydrogen (secondary N) is 1. The molecule has 2 unspecified atom stereocenters. The number of rotatable bonds is 5. The van der Waals surface area contributed by atoms with Crippen molar-refractivity contribution in [1.29, 1.82) is 0 Å². The van der Waals surface area contributed by atoms with Gasteiger partial charge in [0.25, 0.3) is 0 Å². The van der Waals surface area contributed by atoms with Crippen LogP contribution in [0.1, 0.15) is 21.7 Å². The number of aliphatic hydroxyl groups excluding tert-OH is 3. The Hall–Kier alpha value is -1.84. The van der Waals surface area contributed by atoms with Gasteiger partial charge >= 0.3 is 0 Å². The Balaban J connectivity index is 1.67. The van der Waals surface area contributed by atoms with Gasteiger partial charge < -0.3 is 25.4 Å². The molecule has 1 aromatic heterocycles. The summed E-state index contributed by atoms with van der Waals surface area (Å²) in [5, 5.41) is 32.2. The fraction of sp³-hybridized carbons (Fsp3) is 0.375. The van der Waals surface area contributed by atoms with Crippen molar-refractivity contribution in [3.8, 4) is 0 Å². The normalized spacial score (nSPS) is 27.0. The Morgan fingerprint density at radius 3 is 2.79 bits per heavy atom. The minimum Gasteiger partial charge on any atom is -0.394 e. The lowest BCUT2D eigenvalue weighted by molar-refractivity contribution is -0.172. The van der Waals surface area contributed by atoms with E-state index in [1.807, 2.05) is 6.07 Å². The number of ether oxygens (including phenoxy) is 1. The number of anilines is 1. The average molecular weight is 350 g/mol. The molecule has 4 atom stereocenters. The molecule has 3 rings (SSSR count). The second-order valence-corrected chi connectivity index (χ2v) is 6.54. The molecular formula is C16H18N2O5S. The maximum atomic E-state index is 12.4. The minimum absolute atomic E-state index is 0.116. The zero-order valence-corrected chi connectivity index (χ0v) is 13.5. The maximum Gasteiger partial charge on any atom is 0.204 e. The average Bonchev–Trinajstić information content (AvgIpc) is 3.06. The molecule has 0 aliphatic carbocycles. The van der Waals surface area contributed by atoms with E-state index < -0.39 is 31.1 Å². The summed E-state index contributed by atoms with van der Waals surface area (Å²) < 4.78 is 5.49. The lowest BCUT2D eigenvalue weighted by atomic mass is 10.0. The Morgan fingerprint density at radius 2 is 2.08 bits per heavy atom. The molecule has 7 nitrogen and oxygen atoms in total. The highest BCUT2D eigenvalue weighted by Gasteiger charge is 2.36. The van der Waals surface area contributed by atoms with Crippen molar-refractivity contribution in [3.05, 3.63) is 47.0 Å². The molecule has 1 saturated heterocycles. The first-order valence-electron chi connectivity index (χ1n) is 7.53. The van der Waals surface area contributed by atoms with Crippen LogP contribution in [0.25, 0.3) is 0 Å². The predicted molar refractivity (Wildman–Crippen MR) is 88.0 cm³/mol. The minimum atomic E-state index is -1.13. The first-order valence-corrected chi connectivity index (χ1v) is 8.34. The Kier molecular flexibility index (Phi) is 5.22. The summed E-state index contributed by atoms with van der Waals surface area (Å²) in [5.41, 5.74) is 0.584. The van der Waals surface area contributed by atoms with E-state index in [-0.39, 0.29) is 12.2 Å². The van der Waals surface area contributed by atoms with Crippen LogP contribution in [0, 0.1) is 0 Å². The van der Waals surface area contributed by atoms with E-state index in [0.717, 1.165) is 0 Å². The fourth-order valence-electron chi connectivity index (χ4n) is 2.51. The quantitative estimate of drug-likeness (QED) is 0.585. The lowest BCUT2D eigenvalue weighted by Gasteiger charge is -2.36. The van der Waals surface area contributed by atoms with Crippen LogP contribution in [-0.2, 0) is 4.74 Å². The molecule has 1 aliphatic heterocycles. The van der Waals surface area contributed by atoms with Crippen LogP contribution in [0.5, 0.6) is 0 Å². The van der Waals surface area contributed by atoms with E-state index in [9.17, 15) is 20.1 Å². The topological polar surface area (TPSA) is 112 Å². The van der Waals surface area contributed by atoms with Crippen molar-refractivity contribution >= 4 is 22.3 Å². The van der Waals surface area contributed by atoms with Crippen molar-refractivity contribution in [2.75, 3.05) is 11.9 Å². The Bertz CT molecular complexity index is 693. The third-order valence-electron chi connectivity index (χ3n) is 3.80. The molecule has 0 saturated carbocycles. The second kappa shape index (κ2) is 7.37. The molecule has 2 aromatic rings. The molecule has 4 N–H and O–H groups in total. The number of aliphatic hydroxyl groups is 3. The van der Waals surface area contributed by atoms with Crippen molar-refractivity contribution in [1.82, 2.24) is 4.98 Å². The summed E-state index contributed by atoms with van der Waals surface area (Å²) in [6.45, 7) is -0.397. The number of aromatic nitrogens is 1. The molecule has 1 aliphatic rings. The number of thiazole rings is 1. The van der Waals surface area contributed by atoms with Gasteiger partial charge in [0, 0.05) is 12.0 Å². The predicted octanol–water partition coefficient (Wildman–Crippen LogP) is 0.615. The lowest BCUT2D eigenvalue weighted by Crippen LogP contribution is -2.51. The first kappa shape index (κ1) is 17.0. The van der Waals surface area contributed by atoms with Gasteiger partial charge in [0.15, 0.2) is 5.13 Å². The molecule has 128 valence electrons. The van der Waals surface area contributed by atoms with Gasteiger partial charge in [-0.3, -0.25) is 4.79 Å². The van der Waals surface area contributed by atoms with Gasteiger partial charge in [-0.1, -0.05) is 41.7 Å². The number of nitrogens with zero attached hydrogens (tertiary/aromatic N) is 1. The van der Waals surface area contributed by atoms with E-state index >= 15 is 0 Å². The number of carbonyl (C=O) groups excluding carboxylic acids is 1. The van der Waals surface area contributed by atoms with Gasteiger partial charge in [-0.15, -0.1) is 0 Å². The summed E-state index contributed by atoms with van der Waals surface area (Å²) in [6, 6.07) is 8.91. The van der Waals surface area contributed by atoms with Crippen LogP contribution in [0.2, 0.25) is 0 Å². The molecule has 1 fully saturated rings. The number of benzene rings is 1. The smallest absolute Gasteiger partial charge is 0.204 e. The Labute approximate surface area is 142 Å². The summed E-state index contributed by atoms with van der Waals surface area (Å²) in [6.07, 6.45) is -1.96. The third kappa shape index (κ3) is 3.63. The SMILES string of the molecule is O=C(c1ccccc1)c1cnc(N[C@@H]2C[C@@H](O)C(O)C(CO)O2)s1. The highest BCUT2D eigenvalue weighted by molar-refractivity contribution is 7.17. The van der Waals surface area contributed by atoms with Crippen LogP contribution in [0.4, 0.5) is 5.13 Å². The van der Waals surface area contributed by atoms with Crippen LogP contribution in [0.3, 0.4) is 0 Å². The van der Waals surface area contributed by atoms with Crippen LogP contribution in [0.15, 0.2) is 36.5 Å². The van der Waals surface area contributed by atoms with E-state index in [1.54, 1.807) is 24.3 Å². The highest BCUT2D eigenvalue weighted by atomic mass is 32.1. The summed E-state index contributed by atoms with van der Waals surface area (Å²) in [5.74, 6) is -0.116. The van der Waals surface area contributed by atoms with Gasteiger partial charge in [0.05, 0.1) is 23.8 Å². The van der Waals surface area contributed by atoms with Gasteiger partial charge in [-0.25, -0.2) is 4.98 Å². The molecule has 1 aromatic carbocycles. The number of hydrogen-bond donors (Lipinski definition) is 4. The monoisotopic (exact) mass is 350 g/mol. The standard InChI is InChI=1S/C16H18N2O5S/c19-8-11-15(22)10(20)6-13(23-11)18-16-17-7-12(24-16)14(21)9-4-2-1-3-5-9/h1-5,7,10-11,13,15,19-20,22H,6,8H2,(H,17,18)/t10-,11?,13+,15?/m1/s1. The molecule has 0 amide bonds. The van der Waals surface area contributed by atoms with Crippen molar-refractivity contribution in [3.63, 3.8) is 0 Å². The molecular weight excluding hydrogens is 332 g/mol. The summed E-state index contributed by atoms with van der Waals surface area (Å²) in [7, 11) is 0.